The molecule has 4 heterocycles. The maximum atomic E-state index is 13.2. The van der Waals surface area contributed by atoms with Gasteiger partial charge in [0.05, 0.1) is 56.5 Å². The fourth-order valence-corrected chi connectivity index (χ4v) is 6.66. The predicted octanol–water partition coefficient (Wildman–Crippen LogP) is 3.63. The molecule has 3 N–H and O–H groups in total. The van der Waals surface area contributed by atoms with Crippen LogP contribution in [-0.4, -0.2) is 109 Å². The lowest BCUT2D eigenvalue weighted by Crippen LogP contribution is -2.54. The second-order valence-electron chi connectivity index (χ2n) is 12.5. The molecule has 6 rings (SSSR count). The van der Waals surface area contributed by atoms with Gasteiger partial charge in [-0.15, -0.1) is 0 Å². The van der Waals surface area contributed by atoms with E-state index in [2.05, 4.69) is 36.9 Å². The monoisotopic (exact) mass is 830 g/mol. The van der Waals surface area contributed by atoms with Crippen LogP contribution in [0.15, 0.2) is 53.0 Å². The third kappa shape index (κ3) is 9.01. The summed E-state index contributed by atoms with van der Waals surface area (Å²) in [5.41, 5.74) is 0.518. The normalized spacial score (nSPS) is 16.7. The van der Waals surface area contributed by atoms with Gasteiger partial charge in [-0.3, -0.25) is 39.0 Å². The Morgan fingerprint density at radius 2 is 1.58 bits per heavy atom. The first-order valence-electron chi connectivity index (χ1n) is 17.1. The van der Waals surface area contributed by atoms with Crippen LogP contribution >= 0.6 is 15.9 Å². The number of benzene rings is 2. The SMILES string of the molecule is O=C1CCC(N2C(=O)c3cccc(NCCOCCOCCOCCN4Cc5cc(NC(=O)c6cccc(C(F)(F)F)n6)c(Br)cc5C4=O)c3C2=O)C(=O)N1. The van der Waals surface area contributed by atoms with Crippen molar-refractivity contribution in [1.82, 2.24) is 20.1 Å². The molecule has 1 atom stereocenters. The number of nitrogens with one attached hydrogen (secondary N) is 3. The number of imide groups is 2. The molecular weight excluding hydrogens is 797 g/mol. The Morgan fingerprint density at radius 1 is 0.873 bits per heavy atom. The molecule has 3 aliphatic rings. The molecule has 3 aliphatic heterocycles. The molecule has 6 amide bonds. The molecule has 1 fully saturated rings. The van der Waals surface area contributed by atoms with Gasteiger partial charge in [0.15, 0.2) is 0 Å². The first kappa shape index (κ1) is 39.5. The second kappa shape index (κ2) is 17.1. The molecule has 1 unspecified atom stereocenters. The summed E-state index contributed by atoms with van der Waals surface area (Å²) >= 11 is 3.32. The number of piperidine rings is 1. The first-order valence-corrected chi connectivity index (χ1v) is 17.9. The lowest BCUT2D eigenvalue weighted by molar-refractivity contribution is -0.141. The van der Waals surface area contributed by atoms with Crippen molar-refractivity contribution < 1.29 is 56.1 Å². The van der Waals surface area contributed by atoms with Crippen LogP contribution < -0.4 is 16.0 Å². The summed E-state index contributed by atoms with van der Waals surface area (Å²) in [4.78, 5) is 81.5. The highest BCUT2D eigenvalue weighted by Gasteiger charge is 2.45. The van der Waals surface area contributed by atoms with Crippen molar-refractivity contribution in [3.8, 4) is 0 Å². The molecule has 15 nitrogen and oxygen atoms in total. The van der Waals surface area contributed by atoms with Crippen molar-refractivity contribution >= 4 is 62.7 Å². The molecule has 0 saturated carbocycles. The van der Waals surface area contributed by atoms with Crippen molar-refractivity contribution in [3.05, 3.63) is 86.6 Å². The molecule has 0 spiro atoms. The Kier molecular flexibility index (Phi) is 12.2. The van der Waals surface area contributed by atoms with E-state index in [4.69, 9.17) is 14.2 Å². The third-order valence-corrected chi connectivity index (χ3v) is 9.53. The number of ether oxygens (including phenoxy) is 3. The summed E-state index contributed by atoms with van der Waals surface area (Å²) in [7, 11) is 0. The number of carbonyl (C=O) groups is 6. The topological polar surface area (TPSA) is 186 Å². The van der Waals surface area contributed by atoms with Crippen molar-refractivity contribution in [2.45, 2.75) is 31.6 Å². The van der Waals surface area contributed by atoms with E-state index in [9.17, 15) is 41.9 Å². The maximum absolute atomic E-state index is 13.2. The summed E-state index contributed by atoms with van der Waals surface area (Å²) in [5, 5.41) is 7.82. The number of pyridine rings is 1. The van der Waals surface area contributed by atoms with E-state index in [0.29, 0.717) is 27.8 Å². The first-order chi connectivity index (χ1) is 26.3. The van der Waals surface area contributed by atoms with E-state index < -0.39 is 53.1 Å². The zero-order valence-electron chi connectivity index (χ0n) is 29.0. The van der Waals surface area contributed by atoms with Crippen molar-refractivity contribution in [3.63, 3.8) is 0 Å². The highest BCUT2D eigenvalue weighted by Crippen LogP contribution is 2.34. The maximum Gasteiger partial charge on any atom is 0.433 e. The van der Waals surface area contributed by atoms with Crippen LogP contribution in [0.5, 0.6) is 0 Å². The summed E-state index contributed by atoms with van der Waals surface area (Å²) in [6.45, 7) is 2.48. The van der Waals surface area contributed by atoms with Crippen LogP contribution in [0.4, 0.5) is 24.5 Å². The smallest absolute Gasteiger partial charge is 0.382 e. The fraction of sp³-hybridized carbons (Fsp3) is 0.361. The molecule has 1 saturated heterocycles. The van der Waals surface area contributed by atoms with Crippen LogP contribution in [0.3, 0.4) is 0 Å². The average Bonchev–Trinajstić information content (AvgIpc) is 3.59. The Balaban J connectivity index is 0.849. The predicted molar refractivity (Wildman–Crippen MR) is 190 cm³/mol. The highest BCUT2D eigenvalue weighted by molar-refractivity contribution is 9.10. The Bertz CT molecular complexity index is 2030. The minimum Gasteiger partial charge on any atom is -0.382 e. The minimum atomic E-state index is -4.70. The van der Waals surface area contributed by atoms with Gasteiger partial charge in [-0.25, -0.2) is 4.98 Å². The van der Waals surface area contributed by atoms with Crippen LogP contribution in [-0.2, 0) is 36.5 Å². The second-order valence-corrected chi connectivity index (χ2v) is 13.4. The van der Waals surface area contributed by atoms with Gasteiger partial charge in [-0.1, -0.05) is 12.1 Å². The lowest BCUT2D eigenvalue weighted by atomic mass is 10.0. The van der Waals surface area contributed by atoms with Gasteiger partial charge in [0.25, 0.3) is 23.6 Å². The highest BCUT2D eigenvalue weighted by atomic mass is 79.9. The average molecular weight is 832 g/mol. The van der Waals surface area contributed by atoms with Crippen molar-refractivity contribution in [1.29, 1.82) is 0 Å². The molecule has 19 heteroatoms. The standard InChI is InChI=1S/C36H34BrF3N6O9/c37-23-18-22-20(17-26(23)43-31(48)25-5-2-6-28(42-25)36(38,39)40)19-45(33(22)50)10-12-54-14-16-55-15-13-53-11-9-41-24-4-1-3-21-30(24)35(52)46(34(21)51)27-7-8-29(47)44-32(27)49/h1-6,17-18,27,41H,7-16,19H2,(H,43,48)(H,44,47,49). The van der Waals surface area contributed by atoms with Crippen molar-refractivity contribution in [2.24, 2.45) is 0 Å². The number of amides is 6. The van der Waals surface area contributed by atoms with E-state index >= 15 is 0 Å². The van der Waals surface area contributed by atoms with Gasteiger partial charge in [0.2, 0.25) is 11.8 Å². The summed E-state index contributed by atoms with van der Waals surface area (Å²) in [6.07, 6.45) is -4.59. The van der Waals surface area contributed by atoms with E-state index in [-0.39, 0.29) is 88.3 Å². The Hall–Kier alpha value is -5.24. The molecule has 0 bridgehead atoms. The number of hydrogen-bond donors (Lipinski definition) is 3. The number of hydrogen-bond acceptors (Lipinski definition) is 11. The van der Waals surface area contributed by atoms with E-state index in [0.717, 1.165) is 17.0 Å². The quantitative estimate of drug-likeness (QED) is 0.142. The third-order valence-electron chi connectivity index (χ3n) is 8.87. The van der Waals surface area contributed by atoms with Gasteiger partial charge in [0.1, 0.15) is 17.4 Å². The van der Waals surface area contributed by atoms with E-state index in [1.165, 1.54) is 12.1 Å². The van der Waals surface area contributed by atoms with Gasteiger partial charge >= 0.3 is 6.18 Å². The molecule has 290 valence electrons. The van der Waals surface area contributed by atoms with Crippen LogP contribution in [0.2, 0.25) is 0 Å². The van der Waals surface area contributed by atoms with Crippen LogP contribution in [0.1, 0.15) is 65.7 Å². The van der Waals surface area contributed by atoms with E-state index in [1.807, 2.05) is 0 Å². The molecule has 1 aromatic heterocycles. The van der Waals surface area contributed by atoms with Gasteiger partial charge in [0, 0.05) is 41.8 Å². The zero-order valence-corrected chi connectivity index (χ0v) is 30.6. The Labute approximate surface area is 320 Å². The van der Waals surface area contributed by atoms with E-state index in [1.54, 1.807) is 29.2 Å². The molecule has 3 aromatic rings. The minimum absolute atomic E-state index is 0.0346. The number of anilines is 2. The molecule has 55 heavy (non-hydrogen) atoms. The fourth-order valence-electron chi connectivity index (χ4n) is 6.21. The largest absolute Gasteiger partial charge is 0.433 e. The number of alkyl halides is 3. The van der Waals surface area contributed by atoms with Crippen LogP contribution in [0.25, 0.3) is 0 Å². The number of nitrogens with zero attached hydrogens (tertiary/aromatic N) is 3. The summed E-state index contributed by atoms with van der Waals surface area (Å²) in [5.74, 6) is -3.37. The van der Waals surface area contributed by atoms with Gasteiger partial charge in [-0.2, -0.15) is 13.2 Å². The molecular formula is C36H34BrF3N6O9. The number of fused-ring (bicyclic) bond motifs is 2. The number of rotatable bonds is 16. The van der Waals surface area contributed by atoms with Crippen LogP contribution in [0, 0.1) is 0 Å². The number of aromatic nitrogens is 1. The summed E-state index contributed by atoms with van der Waals surface area (Å²) < 4.78 is 56.2. The number of halogens is 4. The Morgan fingerprint density at radius 3 is 2.31 bits per heavy atom. The lowest BCUT2D eigenvalue weighted by Gasteiger charge is -2.27. The van der Waals surface area contributed by atoms with Gasteiger partial charge < -0.3 is 29.7 Å². The van der Waals surface area contributed by atoms with Crippen molar-refractivity contribution in [2.75, 3.05) is 63.4 Å². The zero-order chi connectivity index (χ0) is 39.3. The summed E-state index contributed by atoms with van der Waals surface area (Å²) in [6, 6.07) is 9.95. The molecule has 2 aromatic carbocycles. The number of carbonyl (C=O) groups excluding carboxylic acids is 6. The molecule has 0 radical (unpaired) electrons. The van der Waals surface area contributed by atoms with Gasteiger partial charge in [-0.05, 0) is 64.3 Å². The molecule has 0 aliphatic carbocycles.